The number of carbonyl (C=O) groups is 2. The van der Waals surface area contributed by atoms with E-state index in [-0.39, 0.29) is 23.9 Å². The standard InChI is InChI=1S/C28H26FN5O2/c1-2-30-14-19-5-9-25-20(11-19)12-26(33-25)24-13-23(8-10-27(24)35)32-28(36)21-15-31-34(17-21)16-18-3-6-22(29)7-4-18/h3-9,11-13,15,17,30,33H,2,10,14,16H2,1H3,(H,32,36). The molecule has 2 aromatic heterocycles. The Morgan fingerprint density at radius 2 is 1.94 bits per heavy atom. The molecule has 8 heteroatoms. The average Bonchev–Trinajstić information content (AvgIpc) is 3.52. The van der Waals surface area contributed by atoms with E-state index in [0.29, 0.717) is 23.4 Å². The molecule has 1 amide bonds. The van der Waals surface area contributed by atoms with E-state index in [9.17, 15) is 14.0 Å². The maximum absolute atomic E-state index is 13.1. The summed E-state index contributed by atoms with van der Waals surface area (Å²) in [5, 5.41) is 11.5. The van der Waals surface area contributed by atoms with E-state index in [2.05, 4.69) is 39.8 Å². The van der Waals surface area contributed by atoms with Crippen LogP contribution in [0.5, 0.6) is 0 Å². The third-order valence-corrected chi connectivity index (χ3v) is 6.07. The van der Waals surface area contributed by atoms with Gasteiger partial charge >= 0.3 is 0 Å². The summed E-state index contributed by atoms with van der Waals surface area (Å²) in [6.07, 6.45) is 6.74. The predicted molar refractivity (Wildman–Crippen MR) is 137 cm³/mol. The maximum Gasteiger partial charge on any atom is 0.258 e. The van der Waals surface area contributed by atoms with Crippen molar-refractivity contribution in [1.29, 1.82) is 0 Å². The highest BCUT2D eigenvalue weighted by molar-refractivity contribution is 6.23. The molecule has 5 rings (SSSR count). The van der Waals surface area contributed by atoms with Gasteiger partial charge in [0.1, 0.15) is 5.82 Å². The van der Waals surface area contributed by atoms with Crippen molar-refractivity contribution >= 4 is 28.2 Å². The van der Waals surface area contributed by atoms with Crippen LogP contribution in [0.1, 0.15) is 40.5 Å². The topological polar surface area (TPSA) is 91.8 Å². The maximum atomic E-state index is 13.1. The first-order valence-corrected chi connectivity index (χ1v) is 11.8. The van der Waals surface area contributed by atoms with E-state index in [1.54, 1.807) is 35.2 Å². The van der Waals surface area contributed by atoms with Crippen LogP contribution in [0.25, 0.3) is 16.5 Å². The van der Waals surface area contributed by atoms with E-state index in [0.717, 1.165) is 35.2 Å². The summed E-state index contributed by atoms with van der Waals surface area (Å²) < 4.78 is 14.7. The van der Waals surface area contributed by atoms with E-state index >= 15 is 0 Å². The lowest BCUT2D eigenvalue weighted by Gasteiger charge is -2.13. The molecule has 1 aliphatic carbocycles. The van der Waals surface area contributed by atoms with Crippen molar-refractivity contribution < 1.29 is 14.0 Å². The second kappa shape index (κ2) is 10.1. The second-order valence-electron chi connectivity index (χ2n) is 8.74. The zero-order valence-electron chi connectivity index (χ0n) is 19.8. The second-order valence-corrected chi connectivity index (χ2v) is 8.74. The van der Waals surface area contributed by atoms with Crippen molar-refractivity contribution in [2.45, 2.75) is 26.4 Å². The molecule has 2 aromatic carbocycles. The van der Waals surface area contributed by atoms with Gasteiger partial charge in [-0.1, -0.05) is 31.2 Å². The number of aromatic amines is 1. The third-order valence-electron chi connectivity index (χ3n) is 6.07. The zero-order valence-corrected chi connectivity index (χ0v) is 19.8. The Kier molecular flexibility index (Phi) is 6.60. The molecule has 0 bridgehead atoms. The zero-order chi connectivity index (χ0) is 25.1. The number of ketones is 1. The fourth-order valence-corrected chi connectivity index (χ4v) is 4.18. The molecule has 0 atom stereocenters. The number of fused-ring (bicyclic) bond motifs is 1. The van der Waals surface area contributed by atoms with Crippen LogP contribution in [0.4, 0.5) is 4.39 Å². The Labute approximate surface area is 207 Å². The molecule has 7 nitrogen and oxygen atoms in total. The smallest absolute Gasteiger partial charge is 0.258 e. The molecular weight excluding hydrogens is 457 g/mol. The number of nitrogens with zero attached hydrogens (tertiary/aromatic N) is 2. The molecular formula is C28H26FN5O2. The number of carbonyl (C=O) groups excluding carboxylic acids is 2. The van der Waals surface area contributed by atoms with E-state index in [1.165, 1.54) is 23.9 Å². The molecule has 0 saturated heterocycles. The molecule has 1 aliphatic rings. The monoisotopic (exact) mass is 483 g/mol. The third kappa shape index (κ3) is 5.18. The normalized spacial score (nSPS) is 13.6. The lowest BCUT2D eigenvalue weighted by atomic mass is 9.98. The van der Waals surface area contributed by atoms with Crippen molar-refractivity contribution in [3.8, 4) is 0 Å². The van der Waals surface area contributed by atoms with Crippen molar-refractivity contribution in [1.82, 2.24) is 25.4 Å². The largest absolute Gasteiger partial charge is 0.354 e. The van der Waals surface area contributed by atoms with Crippen LogP contribution in [0.2, 0.25) is 0 Å². The van der Waals surface area contributed by atoms with Gasteiger partial charge in [-0.15, -0.1) is 0 Å². The molecule has 0 saturated carbocycles. The highest BCUT2D eigenvalue weighted by Crippen LogP contribution is 2.27. The number of H-pyrrole nitrogens is 1. The quantitative estimate of drug-likeness (QED) is 0.348. The van der Waals surface area contributed by atoms with Gasteiger partial charge in [-0.3, -0.25) is 14.3 Å². The van der Waals surface area contributed by atoms with Crippen LogP contribution in [0.15, 0.2) is 78.8 Å². The lowest BCUT2D eigenvalue weighted by Crippen LogP contribution is -2.23. The first-order chi connectivity index (χ1) is 17.5. The fourth-order valence-electron chi connectivity index (χ4n) is 4.18. The van der Waals surface area contributed by atoms with Gasteiger partial charge in [0.15, 0.2) is 5.78 Å². The highest BCUT2D eigenvalue weighted by Gasteiger charge is 2.20. The van der Waals surface area contributed by atoms with Crippen LogP contribution >= 0.6 is 0 Å². The molecule has 4 aromatic rings. The molecule has 3 N–H and O–H groups in total. The molecule has 2 heterocycles. The molecule has 0 radical (unpaired) electrons. The van der Waals surface area contributed by atoms with E-state index in [4.69, 9.17) is 0 Å². The summed E-state index contributed by atoms with van der Waals surface area (Å²) in [5.41, 5.74) is 5.21. The highest BCUT2D eigenvalue weighted by atomic mass is 19.1. The van der Waals surface area contributed by atoms with Gasteiger partial charge in [0.25, 0.3) is 5.91 Å². The lowest BCUT2D eigenvalue weighted by molar-refractivity contribution is -0.113. The minimum Gasteiger partial charge on any atom is -0.354 e. The van der Waals surface area contributed by atoms with Crippen LogP contribution in [0.3, 0.4) is 0 Å². The summed E-state index contributed by atoms with van der Waals surface area (Å²) in [7, 11) is 0. The average molecular weight is 484 g/mol. The van der Waals surface area contributed by atoms with Crippen LogP contribution < -0.4 is 10.6 Å². The Morgan fingerprint density at radius 1 is 1.14 bits per heavy atom. The molecule has 0 fully saturated rings. The number of nitrogens with one attached hydrogen (secondary N) is 3. The Balaban J connectivity index is 1.30. The van der Waals surface area contributed by atoms with Gasteiger partial charge < -0.3 is 15.6 Å². The Bertz CT molecular complexity index is 1490. The first-order valence-electron chi connectivity index (χ1n) is 11.8. The summed E-state index contributed by atoms with van der Waals surface area (Å²) in [5.74, 6) is -0.631. The number of hydrogen-bond donors (Lipinski definition) is 3. The van der Waals surface area contributed by atoms with Crippen molar-refractivity contribution in [2.24, 2.45) is 0 Å². The predicted octanol–water partition coefficient (Wildman–Crippen LogP) is 4.33. The van der Waals surface area contributed by atoms with Crippen molar-refractivity contribution in [3.05, 3.63) is 107 Å². The van der Waals surface area contributed by atoms with Crippen LogP contribution in [-0.4, -0.2) is 33.0 Å². The molecule has 182 valence electrons. The summed E-state index contributed by atoms with van der Waals surface area (Å²) in [4.78, 5) is 28.8. The number of rotatable bonds is 8. The summed E-state index contributed by atoms with van der Waals surface area (Å²) in [6, 6.07) is 14.3. The first kappa shape index (κ1) is 23.4. The van der Waals surface area contributed by atoms with Gasteiger partial charge in [0.05, 0.1) is 24.0 Å². The summed E-state index contributed by atoms with van der Waals surface area (Å²) >= 11 is 0. The van der Waals surface area contributed by atoms with E-state index < -0.39 is 0 Å². The number of Topliss-reactive ketones (excluding diaryl/α,β-unsaturated/α-hetero) is 1. The number of allylic oxidation sites excluding steroid dienone is 3. The summed E-state index contributed by atoms with van der Waals surface area (Å²) in [6.45, 7) is 4.17. The van der Waals surface area contributed by atoms with Gasteiger partial charge in [-0.25, -0.2) is 4.39 Å². The Morgan fingerprint density at radius 3 is 2.75 bits per heavy atom. The van der Waals surface area contributed by atoms with E-state index in [1.807, 2.05) is 12.1 Å². The molecule has 0 unspecified atom stereocenters. The van der Waals surface area contributed by atoms with Crippen LogP contribution in [0, 0.1) is 5.82 Å². The minimum atomic E-state index is -0.318. The fraction of sp³-hybridized carbons (Fsp3) is 0.179. The number of hydrogen-bond acceptors (Lipinski definition) is 4. The molecule has 0 aliphatic heterocycles. The van der Waals surface area contributed by atoms with Crippen molar-refractivity contribution in [3.63, 3.8) is 0 Å². The number of amides is 1. The molecule has 36 heavy (non-hydrogen) atoms. The number of aromatic nitrogens is 3. The van der Waals surface area contributed by atoms with Crippen LogP contribution in [-0.2, 0) is 17.9 Å². The van der Waals surface area contributed by atoms with Gasteiger partial charge in [0, 0.05) is 41.3 Å². The van der Waals surface area contributed by atoms with Gasteiger partial charge in [-0.05, 0) is 54.1 Å². The SMILES string of the molecule is CCNCc1ccc2[nH]c(C3=CC(NC(=O)c4cnn(Cc5ccc(F)cc5)c4)=CCC3=O)cc2c1. The molecule has 0 spiro atoms. The van der Waals surface area contributed by atoms with Gasteiger partial charge in [0.2, 0.25) is 0 Å². The number of benzene rings is 2. The Hall–Kier alpha value is -4.30. The minimum absolute atomic E-state index is 0.0143. The van der Waals surface area contributed by atoms with Gasteiger partial charge in [-0.2, -0.15) is 5.10 Å². The van der Waals surface area contributed by atoms with Crippen molar-refractivity contribution in [2.75, 3.05) is 6.54 Å². The number of halogens is 1.